The number of hydrogen-bond donors (Lipinski definition) is 0. The Hall–Kier alpha value is -1.59. The van der Waals surface area contributed by atoms with Crippen LogP contribution in [0.5, 0.6) is 5.75 Å². The largest absolute Gasteiger partial charge is 0.481 e. The van der Waals surface area contributed by atoms with Gasteiger partial charge in [0.1, 0.15) is 17.7 Å². The lowest BCUT2D eigenvalue weighted by molar-refractivity contribution is 0.237. The van der Waals surface area contributed by atoms with Crippen LogP contribution in [0.1, 0.15) is 31.1 Å². The van der Waals surface area contributed by atoms with E-state index < -0.39 is 12.9 Å². The minimum absolute atomic E-state index is 0.289. The maximum Gasteiger partial charge on any atom is 0.393 e. The van der Waals surface area contributed by atoms with E-state index >= 15 is 0 Å². The van der Waals surface area contributed by atoms with Crippen molar-refractivity contribution in [1.29, 1.82) is 0 Å². The molecule has 4 nitrogen and oxygen atoms in total. The molecule has 0 aliphatic carbocycles. The van der Waals surface area contributed by atoms with Gasteiger partial charge in [0, 0.05) is 10.5 Å². The fourth-order valence-electron chi connectivity index (χ4n) is 2.59. The zero-order chi connectivity index (χ0) is 18.6. The van der Waals surface area contributed by atoms with E-state index in [-0.39, 0.29) is 19.0 Å². The number of hydrogen-bond acceptors (Lipinski definition) is 5. The molecule has 0 saturated heterocycles. The van der Waals surface area contributed by atoms with Crippen molar-refractivity contribution >= 4 is 23.1 Å². The summed E-state index contributed by atoms with van der Waals surface area (Å²) >= 11 is 1.08. The standard InChI is InChI=1S/C19H20FO4PS/c1-3-22-25(21,23-4-2)26-19-13-18(14-9-11-15(20)12-10-14)24-17-8-6-5-7-16(17)19/h5-13,18H,3-4H2,1-2H3. The lowest BCUT2D eigenvalue weighted by Crippen LogP contribution is -2.11. The average Bonchev–Trinajstić information content (AvgIpc) is 2.62. The van der Waals surface area contributed by atoms with Gasteiger partial charge in [-0.2, -0.15) is 0 Å². The Morgan fingerprint density at radius 2 is 1.73 bits per heavy atom. The molecule has 3 rings (SSSR count). The van der Waals surface area contributed by atoms with Crippen LogP contribution in [-0.4, -0.2) is 13.2 Å². The van der Waals surface area contributed by atoms with Gasteiger partial charge in [-0.3, -0.25) is 0 Å². The second-order valence-electron chi connectivity index (χ2n) is 5.49. The van der Waals surface area contributed by atoms with Crippen LogP contribution in [0.25, 0.3) is 4.91 Å². The molecule has 1 heterocycles. The molecule has 7 heteroatoms. The fraction of sp³-hybridized carbons (Fsp3) is 0.263. The molecule has 1 atom stereocenters. The van der Waals surface area contributed by atoms with Crippen LogP contribution in [0.2, 0.25) is 0 Å². The first-order chi connectivity index (χ1) is 12.5. The van der Waals surface area contributed by atoms with Crippen molar-refractivity contribution in [3.8, 4) is 5.75 Å². The normalized spacial score (nSPS) is 16.6. The first-order valence-corrected chi connectivity index (χ1v) is 11.3. The van der Waals surface area contributed by atoms with E-state index in [4.69, 9.17) is 13.8 Å². The average molecular weight is 394 g/mol. The first-order valence-electron chi connectivity index (χ1n) is 8.36. The molecule has 26 heavy (non-hydrogen) atoms. The Balaban J connectivity index is 1.98. The zero-order valence-corrected chi connectivity index (χ0v) is 16.3. The summed E-state index contributed by atoms with van der Waals surface area (Å²) in [5, 5.41) is 0. The van der Waals surface area contributed by atoms with Gasteiger partial charge in [-0.1, -0.05) is 30.3 Å². The second kappa shape index (κ2) is 8.40. The molecule has 0 N–H and O–H groups in total. The molecule has 2 aromatic rings. The predicted molar refractivity (Wildman–Crippen MR) is 103 cm³/mol. The molecule has 0 fully saturated rings. The van der Waals surface area contributed by atoms with Crippen molar-refractivity contribution in [2.45, 2.75) is 20.0 Å². The van der Waals surface area contributed by atoms with Gasteiger partial charge in [-0.25, -0.2) is 8.96 Å². The van der Waals surface area contributed by atoms with E-state index in [1.54, 1.807) is 26.0 Å². The summed E-state index contributed by atoms with van der Waals surface area (Å²) in [5.41, 5.74) is 1.64. The quantitative estimate of drug-likeness (QED) is 0.522. The summed E-state index contributed by atoms with van der Waals surface area (Å²) in [5.74, 6) is 0.368. The summed E-state index contributed by atoms with van der Waals surface area (Å²) in [7, 11) is 0. The van der Waals surface area contributed by atoms with Gasteiger partial charge in [0.2, 0.25) is 0 Å². The summed E-state index contributed by atoms with van der Waals surface area (Å²) in [4.78, 5) is 0.756. The lowest BCUT2D eigenvalue weighted by atomic mass is 10.0. The highest BCUT2D eigenvalue weighted by molar-refractivity contribution is 8.59. The van der Waals surface area contributed by atoms with Gasteiger partial charge in [-0.05, 0) is 55.1 Å². The SMILES string of the molecule is CCOP(=O)(OCC)SC1=CC(c2ccc(F)cc2)Oc2ccccc21. The zero-order valence-electron chi connectivity index (χ0n) is 14.6. The number of benzene rings is 2. The Labute approximate surface area is 156 Å². The Morgan fingerprint density at radius 3 is 2.38 bits per heavy atom. The molecule has 1 aliphatic rings. The van der Waals surface area contributed by atoms with Crippen LogP contribution < -0.4 is 4.74 Å². The van der Waals surface area contributed by atoms with Crippen LogP contribution in [0, 0.1) is 5.82 Å². The summed E-state index contributed by atoms with van der Waals surface area (Å²) in [6, 6.07) is 13.7. The lowest BCUT2D eigenvalue weighted by Gasteiger charge is -2.27. The number of halogens is 1. The highest BCUT2D eigenvalue weighted by atomic mass is 32.7. The van der Waals surface area contributed by atoms with Crippen LogP contribution in [0.3, 0.4) is 0 Å². The first kappa shape index (κ1) is 19.2. The highest BCUT2D eigenvalue weighted by Crippen LogP contribution is 2.66. The van der Waals surface area contributed by atoms with Gasteiger partial charge >= 0.3 is 6.80 Å². The molecule has 138 valence electrons. The molecule has 1 aliphatic heterocycles. The third kappa shape index (κ3) is 4.38. The Bertz CT molecular complexity index is 828. The number of rotatable bonds is 7. The molecule has 0 amide bonds. The smallest absolute Gasteiger partial charge is 0.393 e. The predicted octanol–water partition coefficient (Wildman–Crippen LogP) is 6.21. The van der Waals surface area contributed by atoms with Gasteiger partial charge in [0.25, 0.3) is 0 Å². The third-order valence-corrected chi connectivity index (χ3v) is 7.51. The van der Waals surface area contributed by atoms with Crippen molar-refractivity contribution in [1.82, 2.24) is 0 Å². The van der Waals surface area contributed by atoms with Gasteiger partial charge < -0.3 is 13.8 Å². The van der Waals surface area contributed by atoms with Crippen molar-refractivity contribution < 1.29 is 22.7 Å². The van der Waals surface area contributed by atoms with E-state index in [1.165, 1.54) is 12.1 Å². The van der Waals surface area contributed by atoms with Crippen LogP contribution in [-0.2, 0) is 13.6 Å². The second-order valence-corrected chi connectivity index (χ2v) is 9.41. The molecular weight excluding hydrogens is 374 g/mol. The van der Waals surface area contributed by atoms with Crippen LogP contribution in [0.15, 0.2) is 54.6 Å². The summed E-state index contributed by atoms with van der Waals surface area (Å²) in [6.07, 6.45) is 1.45. The number of para-hydroxylation sites is 1. The minimum Gasteiger partial charge on any atom is -0.481 e. The van der Waals surface area contributed by atoms with Gasteiger partial charge in [0.05, 0.1) is 13.2 Å². The molecular formula is C19H20FO4PS. The van der Waals surface area contributed by atoms with Gasteiger partial charge in [0.15, 0.2) is 0 Å². The van der Waals surface area contributed by atoms with Crippen LogP contribution in [0.4, 0.5) is 4.39 Å². The van der Waals surface area contributed by atoms with Crippen LogP contribution >= 0.6 is 18.2 Å². The third-order valence-electron chi connectivity index (χ3n) is 3.69. The Kier molecular flexibility index (Phi) is 6.20. The topological polar surface area (TPSA) is 44.8 Å². The maximum absolute atomic E-state index is 13.2. The fourth-order valence-corrected chi connectivity index (χ4v) is 6.25. The molecule has 0 aromatic heterocycles. The van der Waals surface area contributed by atoms with E-state index in [0.717, 1.165) is 27.4 Å². The van der Waals surface area contributed by atoms with Gasteiger partial charge in [-0.15, -0.1) is 0 Å². The number of ether oxygens (including phenoxy) is 1. The Morgan fingerprint density at radius 1 is 1.08 bits per heavy atom. The molecule has 0 saturated carbocycles. The van der Waals surface area contributed by atoms with Crippen molar-refractivity contribution in [2.24, 2.45) is 0 Å². The minimum atomic E-state index is -3.34. The summed E-state index contributed by atoms with van der Waals surface area (Å²) < 4.78 is 43.1. The molecule has 2 aromatic carbocycles. The molecule has 0 radical (unpaired) electrons. The van der Waals surface area contributed by atoms with Crippen molar-refractivity contribution in [2.75, 3.05) is 13.2 Å². The number of fused-ring (bicyclic) bond motifs is 1. The summed E-state index contributed by atoms with van der Waals surface area (Å²) in [6.45, 7) is 0.796. The maximum atomic E-state index is 13.2. The van der Waals surface area contributed by atoms with Crippen molar-refractivity contribution in [3.63, 3.8) is 0 Å². The molecule has 1 unspecified atom stereocenters. The van der Waals surface area contributed by atoms with E-state index in [0.29, 0.717) is 5.75 Å². The van der Waals surface area contributed by atoms with E-state index in [2.05, 4.69) is 0 Å². The molecule has 0 bridgehead atoms. The van der Waals surface area contributed by atoms with Crippen molar-refractivity contribution in [3.05, 3.63) is 71.6 Å². The molecule has 0 spiro atoms. The highest BCUT2D eigenvalue weighted by Gasteiger charge is 2.31. The van der Waals surface area contributed by atoms with E-state index in [9.17, 15) is 8.96 Å². The van der Waals surface area contributed by atoms with E-state index in [1.807, 2.05) is 30.3 Å². The monoisotopic (exact) mass is 394 g/mol.